The molecule has 2 amide bonds. The molecule has 1 fully saturated rings. The van der Waals surface area contributed by atoms with Crippen molar-refractivity contribution in [1.82, 2.24) is 15.1 Å². The summed E-state index contributed by atoms with van der Waals surface area (Å²) in [6.45, 7) is 11.0. The minimum absolute atomic E-state index is 0.0700. The Bertz CT molecular complexity index is 715. The van der Waals surface area contributed by atoms with Gasteiger partial charge in [-0.05, 0) is 44.7 Å². The second kappa shape index (κ2) is 9.93. The second-order valence-electron chi connectivity index (χ2n) is 8.89. The molecule has 1 N–H and O–H groups in total. The van der Waals surface area contributed by atoms with E-state index >= 15 is 0 Å². The average Bonchev–Trinajstić information content (AvgIpc) is 2.99. The van der Waals surface area contributed by atoms with Crippen LogP contribution < -0.4 is 5.32 Å². The van der Waals surface area contributed by atoms with Crippen LogP contribution in [-0.4, -0.2) is 54.1 Å². The van der Waals surface area contributed by atoms with E-state index in [1.807, 2.05) is 17.0 Å². The van der Waals surface area contributed by atoms with Gasteiger partial charge in [-0.15, -0.1) is 0 Å². The fourth-order valence-corrected chi connectivity index (χ4v) is 4.12. The van der Waals surface area contributed by atoms with Gasteiger partial charge in [-0.25, -0.2) is 4.79 Å². The first-order chi connectivity index (χ1) is 13.9. The molecule has 0 radical (unpaired) electrons. The Hall–Kier alpha value is -2.33. The minimum atomic E-state index is 0.0700. The van der Waals surface area contributed by atoms with Crippen molar-refractivity contribution in [1.29, 1.82) is 0 Å². The first-order valence-electron chi connectivity index (χ1n) is 10.8. The smallest absolute Gasteiger partial charge is 0.317 e. The molecule has 4 nitrogen and oxygen atoms in total. The molecule has 1 aliphatic heterocycles. The number of urea groups is 1. The lowest BCUT2D eigenvalue weighted by atomic mass is 9.88. The molecule has 0 aliphatic carbocycles. The molecule has 3 rings (SSSR count). The third kappa shape index (κ3) is 6.07. The van der Waals surface area contributed by atoms with Gasteiger partial charge in [0.25, 0.3) is 0 Å². The van der Waals surface area contributed by atoms with Crippen LogP contribution in [0.2, 0.25) is 0 Å². The van der Waals surface area contributed by atoms with E-state index < -0.39 is 0 Å². The maximum absolute atomic E-state index is 12.8. The molecule has 1 heterocycles. The molecule has 0 spiro atoms. The number of carbonyl (C=O) groups is 1. The molecule has 0 atom stereocenters. The molecular formula is C25H35N3O. The fourth-order valence-electron chi connectivity index (χ4n) is 4.12. The normalized spacial score (nSPS) is 15.9. The van der Waals surface area contributed by atoms with Gasteiger partial charge in [0.05, 0.1) is 0 Å². The van der Waals surface area contributed by atoms with Gasteiger partial charge in [0.15, 0.2) is 0 Å². The highest BCUT2D eigenvalue weighted by molar-refractivity contribution is 5.74. The summed E-state index contributed by atoms with van der Waals surface area (Å²) < 4.78 is 0. The monoisotopic (exact) mass is 393 g/mol. The predicted octanol–water partition coefficient (Wildman–Crippen LogP) is 4.72. The number of nitrogens with zero attached hydrogens (tertiary/aromatic N) is 2. The van der Waals surface area contributed by atoms with Crippen LogP contribution in [0.4, 0.5) is 4.79 Å². The summed E-state index contributed by atoms with van der Waals surface area (Å²) in [5.41, 5.74) is 2.75. The van der Waals surface area contributed by atoms with Crippen molar-refractivity contribution in [3.05, 3.63) is 71.8 Å². The summed E-state index contributed by atoms with van der Waals surface area (Å²) in [7, 11) is 0. The highest BCUT2D eigenvalue weighted by Gasteiger charge is 2.25. The summed E-state index contributed by atoms with van der Waals surface area (Å²) in [6.07, 6.45) is 1.92. The van der Waals surface area contributed by atoms with Crippen molar-refractivity contribution in [2.75, 3.05) is 32.7 Å². The third-order valence-electron chi connectivity index (χ3n) is 5.84. The van der Waals surface area contributed by atoms with Crippen molar-refractivity contribution in [3.63, 3.8) is 0 Å². The van der Waals surface area contributed by atoms with E-state index in [1.54, 1.807) is 0 Å². The van der Waals surface area contributed by atoms with Crippen LogP contribution in [-0.2, 0) is 0 Å². The van der Waals surface area contributed by atoms with Gasteiger partial charge in [-0.3, -0.25) is 4.90 Å². The summed E-state index contributed by atoms with van der Waals surface area (Å²) in [4.78, 5) is 17.2. The molecule has 0 saturated carbocycles. The van der Waals surface area contributed by atoms with Crippen LogP contribution >= 0.6 is 0 Å². The van der Waals surface area contributed by atoms with Crippen LogP contribution in [0.3, 0.4) is 0 Å². The molecule has 0 bridgehead atoms. The molecule has 4 heteroatoms. The highest BCUT2D eigenvalue weighted by Crippen LogP contribution is 2.27. The Kier molecular flexibility index (Phi) is 7.32. The number of benzene rings is 2. The maximum Gasteiger partial charge on any atom is 0.317 e. The average molecular weight is 394 g/mol. The van der Waals surface area contributed by atoms with Crippen molar-refractivity contribution in [2.24, 2.45) is 0 Å². The largest absolute Gasteiger partial charge is 0.338 e. The first-order valence-corrected chi connectivity index (χ1v) is 10.8. The minimum Gasteiger partial charge on any atom is -0.338 e. The zero-order chi connectivity index (χ0) is 20.7. The Morgan fingerprint density at radius 1 is 0.897 bits per heavy atom. The Balaban J connectivity index is 1.56. The Labute approximate surface area is 175 Å². The van der Waals surface area contributed by atoms with E-state index in [9.17, 15) is 4.79 Å². The molecule has 1 saturated heterocycles. The van der Waals surface area contributed by atoms with Crippen molar-refractivity contribution in [2.45, 2.75) is 45.1 Å². The van der Waals surface area contributed by atoms with E-state index in [0.717, 1.165) is 39.0 Å². The van der Waals surface area contributed by atoms with Gasteiger partial charge >= 0.3 is 6.03 Å². The van der Waals surface area contributed by atoms with Crippen LogP contribution in [0.1, 0.15) is 50.7 Å². The van der Waals surface area contributed by atoms with E-state index in [1.165, 1.54) is 11.1 Å². The Morgan fingerprint density at radius 3 is 2.03 bits per heavy atom. The fraction of sp³-hybridized carbons (Fsp3) is 0.480. The number of hydrogen-bond donors (Lipinski definition) is 1. The quantitative estimate of drug-likeness (QED) is 0.797. The summed E-state index contributed by atoms with van der Waals surface area (Å²) in [6, 6.07) is 21.2. The number of hydrogen-bond acceptors (Lipinski definition) is 2. The van der Waals surface area contributed by atoms with Gasteiger partial charge in [0, 0.05) is 44.2 Å². The maximum atomic E-state index is 12.8. The molecule has 0 aromatic heterocycles. The van der Waals surface area contributed by atoms with Crippen molar-refractivity contribution in [3.8, 4) is 0 Å². The van der Waals surface area contributed by atoms with Gasteiger partial charge < -0.3 is 10.2 Å². The van der Waals surface area contributed by atoms with Crippen molar-refractivity contribution < 1.29 is 4.79 Å². The summed E-state index contributed by atoms with van der Waals surface area (Å²) in [5.74, 6) is 0.290. The van der Waals surface area contributed by atoms with E-state index in [2.05, 4.69) is 79.5 Å². The van der Waals surface area contributed by atoms with Crippen molar-refractivity contribution >= 4 is 6.03 Å². The first kappa shape index (κ1) is 21.4. The molecular weight excluding hydrogens is 358 g/mol. The van der Waals surface area contributed by atoms with E-state index in [-0.39, 0.29) is 11.6 Å². The lowest BCUT2D eigenvalue weighted by Gasteiger charge is -2.34. The standard InChI is InChI=1S/C25H35N3O/c1-25(2,3)28-18-10-17-27(19-20-28)24(29)26-16-15-23(21-11-6-4-7-12-21)22-13-8-5-9-14-22/h4-9,11-14,23H,10,15-20H2,1-3H3,(H,26,29). The zero-order valence-corrected chi connectivity index (χ0v) is 18.1. The Morgan fingerprint density at radius 2 is 1.48 bits per heavy atom. The molecule has 29 heavy (non-hydrogen) atoms. The van der Waals surface area contributed by atoms with E-state index in [0.29, 0.717) is 12.5 Å². The topological polar surface area (TPSA) is 35.6 Å². The van der Waals surface area contributed by atoms with Crippen LogP contribution in [0.15, 0.2) is 60.7 Å². The number of carbonyl (C=O) groups excluding carboxylic acids is 1. The van der Waals surface area contributed by atoms with Crippen LogP contribution in [0.5, 0.6) is 0 Å². The number of rotatable bonds is 5. The summed E-state index contributed by atoms with van der Waals surface area (Å²) >= 11 is 0. The van der Waals surface area contributed by atoms with E-state index in [4.69, 9.17) is 0 Å². The third-order valence-corrected chi connectivity index (χ3v) is 5.84. The highest BCUT2D eigenvalue weighted by atomic mass is 16.2. The van der Waals surface area contributed by atoms with Gasteiger partial charge in [0.1, 0.15) is 0 Å². The molecule has 1 aliphatic rings. The molecule has 156 valence electrons. The van der Waals surface area contributed by atoms with Crippen LogP contribution in [0, 0.1) is 0 Å². The van der Waals surface area contributed by atoms with Crippen LogP contribution in [0.25, 0.3) is 0 Å². The SMILES string of the molecule is CC(C)(C)N1CCCN(C(=O)NCCC(c2ccccc2)c2ccccc2)CC1. The zero-order valence-electron chi connectivity index (χ0n) is 18.1. The molecule has 0 unspecified atom stereocenters. The lowest BCUT2D eigenvalue weighted by Crippen LogP contribution is -2.45. The second-order valence-corrected chi connectivity index (χ2v) is 8.89. The van der Waals surface area contributed by atoms with Gasteiger partial charge in [-0.2, -0.15) is 0 Å². The lowest BCUT2D eigenvalue weighted by molar-refractivity contribution is 0.141. The summed E-state index contributed by atoms with van der Waals surface area (Å²) in [5, 5.41) is 3.17. The predicted molar refractivity (Wildman–Crippen MR) is 120 cm³/mol. The van der Waals surface area contributed by atoms with Gasteiger partial charge in [-0.1, -0.05) is 60.7 Å². The van der Waals surface area contributed by atoms with Gasteiger partial charge in [0.2, 0.25) is 0 Å². The molecule has 2 aromatic rings. The number of amides is 2. The molecule has 2 aromatic carbocycles. The number of nitrogens with one attached hydrogen (secondary N) is 1.